The van der Waals surface area contributed by atoms with Gasteiger partial charge in [0.2, 0.25) is 0 Å². The first-order chi connectivity index (χ1) is 9.05. The van der Waals surface area contributed by atoms with E-state index in [2.05, 4.69) is 0 Å². The molecule has 7 aliphatic rings. The molecule has 6 aliphatic carbocycles. The summed E-state index contributed by atoms with van der Waals surface area (Å²) in [5.41, 5.74) is 0. The average molecular weight is 284 g/mol. The van der Waals surface area contributed by atoms with Gasteiger partial charge < -0.3 is 9.47 Å². The third-order valence-corrected chi connectivity index (χ3v) is 7.61. The second-order valence-corrected chi connectivity index (χ2v) is 8.80. The molecule has 6 saturated carbocycles. The summed E-state index contributed by atoms with van der Waals surface area (Å²) in [7, 11) is -3.36. The molecule has 0 N–H and O–H groups in total. The van der Waals surface area contributed by atoms with Crippen molar-refractivity contribution >= 4 is 10.1 Å². The molecule has 0 amide bonds. The lowest BCUT2D eigenvalue weighted by atomic mass is 9.41. The Morgan fingerprint density at radius 1 is 0.947 bits per heavy atom. The molecule has 0 unspecified atom stereocenters. The van der Waals surface area contributed by atoms with Gasteiger partial charge in [0.15, 0.2) is 5.79 Å². The molecular weight excluding hydrogens is 268 g/mol. The zero-order valence-electron chi connectivity index (χ0n) is 10.6. The molecule has 7 fully saturated rings. The Balaban J connectivity index is 1.46. The standard InChI is InChI=1S/C13H16O5S/c1-19(14,15)18-12-8-4-5-7(8)11-9(12)6(4)10(5)13(11)16-2-3-17-13/h4-12H,2-3H2,1H3/t4-,5-,6+,7-,8-,9-,10+,11+,12+/m0/s1. The molecule has 19 heavy (non-hydrogen) atoms. The first-order valence-corrected chi connectivity index (χ1v) is 9.02. The van der Waals surface area contributed by atoms with Crippen LogP contribution in [0.25, 0.3) is 0 Å². The number of hydrogen-bond donors (Lipinski definition) is 0. The molecular formula is C13H16O5S. The van der Waals surface area contributed by atoms with Gasteiger partial charge in [-0.1, -0.05) is 0 Å². The van der Waals surface area contributed by atoms with Crippen LogP contribution in [0.5, 0.6) is 0 Å². The molecule has 104 valence electrons. The van der Waals surface area contributed by atoms with Crippen LogP contribution in [0, 0.1) is 47.3 Å². The largest absolute Gasteiger partial charge is 0.347 e. The van der Waals surface area contributed by atoms with E-state index in [0.717, 1.165) is 5.92 Å². The van der Waals surface area contributed by atoms with Gasteiger partial charge in [-0.05, 0) is 35.5 Å². The predicted molar refractivity (Wildman–Crippen MR) is 62.3 cm³/mol. The first-order valence-electron chi connectivity index (χ1n) is 7.21. The van der Waals surface area contributed by atoms with E-state index in [-0.39, 0.29) is 11.9 Å². The van der Waals surface area contributed by atoms with Crippen LogP contribution in [0.4, 0.5) is 0 Å². The normalized spacial score (nSPS) is 64.8. The van der Waals surface area contributed by atoms with E-state index in [1.54, 1.807) is 0 Å². The molecule has 1 heterocycles. The highest BCUT2D eigenvalue weighted by Crippen LogP contribution is 2.91. The number of hydrogen-bond acceptors (Lipinski definition) is 5. The Morgan fingerprint density at radius 3 is 2.16 bits per heavy atom. The van der Waals surface area contributed by atoms with Gasteiger partial charge in [0.25, 0.3) is 10.1 Å². The quantitative estimate of drug-likeness (QED) is 0.672. The molecule has 1 saturated heterocycles. The summed E-state index contributed by atoms with van der Waals surface area (Å²) < 4.78 is 40.5. The van der Waals surface area contributed by atoms with Crippen LogP contribution < -0.4 is 0 Å². The summed E-state index contributed by atoms with van der Waals surface area (Å²) in [6.07, 6.45) is 1.08. The van der Waals surface area contributed by atoms with Gasteiger partial charge in [-0.15, -0.1) is 0 Å². The van der Waals surface area contributed by atoms with Gasteiger partial charge >= 0.3 is 0 Å². The third-order valence-electron chi connectivity index (χ3n) is 7.04. The van der Waals surface area contributed by atoms with Crippen molar-refractivity contribution in [3.8, 4) is 0 Å². The Kier molecular flexibility index (Phi) is 1.46. The monoisotopic (exact) mass is 284 g/mol. The molecule has 1 spiro atoms. The lowest BCUT2D eigenvalue weighted by Gasteiger charge is -2.62. The number of ether oxygens (including phenoxy) is 2. The molecule has 7 rings (SSSR count). The summed E-state index contributed by atoms with van der Waals surface area (Å²) in [5.74, 6) is 4.06. The minimum absolute atomic E-state index is 0.0894. The average Bonchev–Trinajstić information content (AvgIpc) is 2.95. The third kappa shape index (κ3) is 0.820. The van der Waals surface area contributed by atoms with E-state index in [0.29, 0.717) is 54.6 Å². The molecule has 0 aromatic rings. The molecule has 0 aromatic heterocycles. The lowest BCUT2D eigenvalue weighted by Crippen LogP contribution is -2.61. The van der Waals surface area contributed by atoms with Crippen LogP contribution >= 0.6 is 0 Å². The summed E-state index contributed by atoms with van der Waals surface area (Å²) in [5, 5.41) is 0. The molecule has 4 bridgehead atoms. The smallest absolute Gasteiger partial charge is 0.264 e. The van der Waals surface area contributed by atoms with Gasteiger partial charge in [0, 0.05) is 11.8 Å². The summed E-state index contributed by atoms with van der Waals surface area (Å²) in [6, 6.07) is 0. The fourth-order valence-corrected chi connectivity index (χ4v) is 7.93. The van der Waals surface area contributed by atoms with Gasteiger partial charge in [0.1, 0.15) is 0 Å². The second-order valence-electron chi connectivity index (χ2n) is 7.20. The van der Waals surface area contributed by atoms with E-state index in [4.69, 9.17) is 13.7 Å². The highest BCUT2D eigenvalue weighted by Gasteiger charge is 2.95. The van der Waals surface area contributed by atoms with Crippen LogP contribution in [0.1, 0.15) is 0 Å². The van der Waals surface area contributed by atoms with Crippen molar-refractivity contribution in [3.05, 3.63) is 0 Å². The highest BCUT2D eigenvalue weighted by atomic mass is 32.2. The molecule has 6 heteroatoms. The van der Waals surface area contributed by atoms with E-state index < -0.39 is 10.1 Å². The zero-order chi connectivity index (χ0) is 12.7. The molecule has 9 atom stereocenters. The van der Waals surface area contributed by atoms with Crippen LogP contribution in [0.15, 0.2) is 0 Å². The van der Waals surface area contributed by atoms with E-state index >= 15 is 0 Å². The second kappa shape index (κ2) is 2.63. The summed E-state index contributed by atoms with van der Waals surface area (Å²) in [6.45, 7) is 1.39. The topological polar surface area (TPSA) is 61.8 Å². The summed E-state index contributed by atoms with van der Waals surface area (Å²) >= 11 is 0. The van der Waals surface area contributed by atoms with Gasteiger partial charge in [-0.3, -0.25) is 4.18 Å². The van der Waals surface area contributed by atoms with E-state index in [9.17, 15) is 8.42 Å². The van der Waals surface area contributed by atoms with Crippen molar-refractivity contribution in [2.45, 2.75) is 11.9 Å². The summed E-state index contributed by atoms with van der Waals surface area (Å²) in [4.78, 5) is 0. The molecule has 0 radical (unpaired) electrons. The minimum Gasteiger partial charge on any atom is -0.347 e. The lowest BCUT2D eigenvalue weighted by molar-refractivity contribution is -0.228. The SMILES string of the molecule is CS(=O)(=O)O[C@@H]1[C@H]2[C@@H]3[C@@H]4[C@H]1[C@H]1[C@H]2[C@H]3[C@H]4C12OCCO2. The van der Waals surface area contributed by atoms with E-state index in [1.807, 2.05) is 0 Å². The maximum atomic E-state index is 11.5. The van der Waals surface area contributed by atoms with Crippen molar-refractivity contribution in [1.82, 2.24) is 0 Å². The van der Waals surface area contributed by atoms with Crippen LogP contribution in [0.3, 0.4) is 0 Å². The molecule has 0 aromatic carbocycles. The van der Waals surface area contributed by atoms with Crippen LogP contribution in [-0.2, 0) is 23.8 Å². The fraction of sp³-hybridized carbons (Fsp3) is 1.00. The van der Waals surface area contributed by atoms with Crippen LogP contribution in [-0.4, -0.2) is 39.8 Å². The van der Waals surface area contributed by atoms with Gasteiger partial charge in [-0.2, -0.15) is 8.42 Å². The maximum absolute atomic E-state index is 11.5. The van der Waals surface area contributed by atoms with Crippen molar-refractivity contribution in [2.24, 2.45) is 47.3 Å². The first kappa shape index (κ1) is 10.5. The Bertz CT molecular complexity index is 594. The Labute approximate surface area is 111 Å². The zero-order valence-corrected chi connectivity index (χ0v) is 11.4. The molecule has 1 aliphatic heterocycles. The van der Waals surface area contributed by atoms with Crippen molar-refractivity contribution in [2.75, 3.05) is 19.5 Å². The predicted octanol–water partition coefficient (Wildman–Crippen LogP) is 0.0719. The van der Waals surface area contributed by atoms with Crippen molar-refractivity contribution in [1.29, 1.82) is 0 Å². The number of rotatable bonds is 2. The van der Waals surface area contributed by atoms with Crippen molar-refractivity contribution < 1.29 is 22.1 Å². The van der Waals surface area contributed by atoms with Crippen LogP contribution in [0.2, 0.25) is 0 Å². The van der Waals surface area contributed by atoms with Crippen molar-refractivity contribution in [3.63, 3.8) is 0 Å². The Morgan fingerprint density at radius 2 is 1.53 bits per heavy atom. The Hall–Kier alpha value is -0.170. The fourth-order valence-electron chi connectivity index (χ4n) is 7.27. The highest BCUT2D eigenvalue weighted by molar-refractivity contribution is 7.86. The van der Waals surface area contributed by atoms with Gasteiger partial charge in [0.05, 0.1) is 25.6 Å². The maximum Gasteiger partial charge on any atom is 0.264 e. The van der Waals surface area contributed by atoms with Gasteiger partial charge in [-0.25, -0.2) is 0 Å². The minimum atomic E-state index is -3.36. The van der Waals surface area contributed by atoms with E-state index in [1.165, 1.54) is 6.26 Å². The molecule has 5 nitrogen and oxygen atoms in total.